The van der Waals surface area contributed by atoms with Crippen LogP contribution in [0.25, 0.3) is 0 Å². The lowest BCUT2D eigenvalue weighted by atomic mass is 10.0. The van der Waals surface area contributed by atoms with Crippen molar-refractivity contribution in [3.8, 4) is 0 Å². The average molecular weight is 285 g/mol. The third kappa shape index (κ3) is 4.24. The van der Waals surface area contributed by atoms with E-state index in [2.05, 4.69) is 0 Å². The first-order valence-corrected chi connectivity index (χ1v) is 7.44. The second kappa shape index (κ2) is 5.21. The Kier molecular flexibility index (Phi) is 4.25. The van der Waals surface area contributed by atoms with Crippen molar-refractivity contribution in [3.63, 3.8) is 0 Å². The monoisotopic (exact) mass is 285 g/mol. The third-order valence-corrected chi connectivity index (χ3v) is 4.79. The van der Waals surface area contributed by atoms with Crippen LogP contribution in [0.2, 0.25) is 0 Å². The molecule has 0 fully saturated rings. The summed E-state index contributed by atoms with van der Waals surface area (Å²) in [6.45, 7) is 5.56. The summed E-state index contributed by atoms with van der Waals surface area (Å²) in [6, 6.07) is 5.76. The summed E-state index contributed by atoms with van der Waals surface area (Å²) in [4.78, 5) is 10.7. The van der Waals surface area contributed by atoms with Crippen molar-refractivity contribution in [1.29, 1.82) is 0 Å². The van der Waals surface area contributed by atoms with Crippen molar-refractivity contribution < 1.29 is 18.3 Å². The highest BCUT2D eigenvalue weighted by Gasteiger charge is 2.25. The molecule has 1 aromatic rings. The minimum atomic E-state index is -3.42. The van der Waals surface area contributed by atoms with Crippen molar-refractivity contribution in [2.75, 3.05) is 17.1 Å². The third-order valence-electron chi connectivity index (χ3n) is 2.51. The SMILES string of the molecule is CN(c1ccc(C(=O)O)cc1)S(=O)(=O)CC(C)(C)C. The van der Waals surface area contributed by atoms with Crippen LogP contribution >= 0.6 is 0 Å². The molecule has 1 N–H and O–H groups in total. The Morgan fingerprint density at radius 1 is 1.21 bits per heavy atom. The lowest BCUT2D eigenvalue weighted by Crippen LogP contribution is -2.34. The molecule has 0 radical (unpaired) electrons. The minimum absolute atomic E-state index is 0.0250. The summed E-state index contributed by atoms with van der Waals surface area (Å²) in [5.41, 5.74) is 0.244. The van der Waals surface area contributed by atoms with Crippen molar-refractivity contribution in [2.45, 2.75) is 20.8 Å². The van der Waals surface area contributed by atoms with E-state index in [-0.39, 0.29) is 16.7 Å². The Balaban J connectivity index is 3.00. The number of rotatable bonds is 4. The van der Waals surface area contributed by atoms with Gasteiger partial charge in [-0.05, 0) is 29.7 Å². The van der Waals surface area contributed by atoms with Gasteiger partial charge in [0.05, 0.1) is 17.0 Å². The van der Waals surface area contributed by atoms with Crippen molar-refractivity contribution >= 4 is 21.7 Å². The fourth-order valence-electron chi connectivity index (χ4n) is 1.62. The first-order chi connectivity index (χ1) is 8.53. The quantitative estimate of drug-likeness (QED) is 0.920. The van der Waals surface area contributed by atoms with E-state index in [9.17, 15) is 13.2 Å². The second-order valence-electron chi connectivity index (χ2n) is 5.64. The number of hydrogen-bond acceptors (Lipinski definition) is 3. The van der Waals surface area contributed by atoms with E-state index in [1.54, 1.807) is 0 Å². The maximum atomic E-state index is 12.2. The number of benzene rings is 1. The van der Waals surface area contributed by atoms with Crippen molar-refractivity contribution in [2.24, 2.45) is 5.41 Å². The molecule has 1 rings (SSSR count). The van der Waals surface area contributed by atoms with Gasteiger partial charge in [0, 0.05) is 7.05 Å². The highest BCUT2D eigenvalue weighted by atomic mass is 32.2. The van der Waals surface area contributed by atoms with Crippen LogP contribution in [0.15, 0.2) is 24.3 Å². The highest BCUT2D eigenvalue weighted by molar-refractivity contribution is 7.92. The molecule has 6 heteroatoms. The normalized spacial score (nSPS) is 12.2. The number of aromatic carboxylic acids is 1. The van der Waals surface area contributed by atoms with Crippen LogP contribution < -0.4 is 4.31 Å². The molecule has 0 aliphatic heterocycles. The van der Waals surface area contributed by atoms with Crippen LogP contribution in [0, 0.1) is 5.41 Å². The van der Waals surface area contributed by atoms with E-state index in [0.717, 1.165) is 0 Å². The van der Waals surface area contributed by atoms with Gasteiger partial charge in [0.1, 0.15) is 0 Å². The van der Waals surface area contributed by atoms with Gasteiger partial charge in [-0.1, -0.05) is 20.8 Å². The highest BCUT2D eigenvalue weighted by Crippen LogP contribution is 2.23. The zero-order chi connectivity index (χ0) is 14.8. The van der Waals surface area contributed by atoms with Gasteiger partial charge in [0.2, 0.25) is 10.0 Å². The first-order valence-electron chi connectivity index (χ1n) is 5.83. The summed E-state index contributed by atoms with van der Waals surface area (Å²) in [7, 11) is -1.95. The van der Waals surface area contributed by atoms with Crippen LogP contribution in [-0.2, 0) is 10.0 Å². The Hall–Kier alpha value is -1.56. The van der Waals surface area contributed by atoms with Gasteiger partial charge in [-0.25, -0.2) is 13.2 Å². The molecule has 0 bridgehead atoms. The average Bonchev–Trinajstić information content (AvgIpc) is 2.25. The minimum Gasteiger partial charge on any atom is -0.478 e. The summed E-state index contributed by atoms with van der Waals surface area (Å²) in [6.07, 6.45) is 0. The number of nitrogens with zero attached hydrogens (tertiary/aromatic N) is 1. The molecular weight excluding hydrogens is 266 g/mol. The molecule has 0 saturated carbocycles. The Labute approximate surface area is 113 Å². The molecule has 0 saturated heterocycles. The molecule has 5 nitrogen and oxygen atoms in total. The second-order valence-corrected chi connectivity index (χ2v) is 7.64. The largest absolute Gasteiger partial charge is 0.478 e. The first kappa shape index (κ1) is 15.5. The predicted molar refractivity (Wildman–Crippen MR) is 75.0 cm³/mol. The number of sulfonamides is 1. The Morgan fingerprint density at radius 3 is 2.05 bits per heavy atom. The molecule has 0 atom stereocenters. The fraction of sp³-hybridized carbons (Fsp3) is 0.462. The molecule has 0 aliphatic carbocycles. The standard InChI is InChI=1S/C13H19NO4S/c1-13(2,3)9-19(17,18)14(4)11-7-5-10(6-8-11)12(15)16/h5-8H,9H2,1-4H3,(H,15,16). The molecule has 1 aromatic carbocycles. The summed E-state index contributed by atoms with van der Waals surface area (Å²) in [5, 5.41) is 8.80. The van der Waals surface area contributed by atoms with Gasteiger partial charge in [0.25, 0.3) is 0 Å². The molecular formula is C13H19NO4S. The van der Waals surface area contributed by atoms with Crippen LogP contribution in [0.4, 0.5) is 5.69 Å². The molecule has 106 valence electrons. The topological polar surface area (TPSA) is 74.7 Å². The van der Waals surface area contributed by atoms with Crippen molar-refractivity contribution in [1.82, 2.24) is 0 Å². The van der Waals surface area contributed by atoms with Crippen LogP contribution in [0.5, 0.6) is 0 Å². The number of anilines is 1. The molecule has 0 heterocycles. The molecule has 0 aromatic heterocycles. The van der Waals surface area contributed by atoms with Crippen LogP contribution in [0.3, 0.4) is 0 Å². The van der Waals surface area contributed by atoms with Gasteiger partial charge in [-0.15, -0.1) is 0 Å². The molecule has 0 spiro atoms. The molecule has 19 heavy (non-hydrogen) atoms. The van der Waals surface area contributed by atoms with E-state index in [4.69, 9.17) is 5.11 Å². The molecule has 0 unspecified atom stereocenters. The number of carbonyl (C=O) groups is 1. The van der Waals surface area contributed by atoms with Gasteiger partial charge in [-0.2, -0.15) is 0 Å². The van der Waals surface area contributed by atoms with E-state index >= 15 is 0 Å². The van der Waals surface area contributed by atoms with E-state index in [1.165, 1.54) is 35.6 Å². The number of carboxylic acid groups (broad SMARTS) is 1. The summed E-state index contributed by atoms with van der Waals surface area (Å²) in [5.74, 6) is -1.01. The Morgan fingerprint density at radius 2 is 1.68 bits per heavy atom. The number of carboxylic acids is 1. The Bertz CT molecular complexity index is 555. The van der Waals surface area contributed by atoms with Crippen LogP contribution in [-0.4, -0.2) is 32.3 Å². The van der Waals surface area contributed by atoms with E-state index < -0.39 is 16.0 Å². The number of hydrogen-bond donors (Lipinski definition) is 1. The van der Waals surface area contributed by atoms with Crippen LogP contribution in [0.1, 0.15) is 31.1 Å². The van der Waals surface area contributed by atoms with Crippen molar-refractivity contribution in [3.05, 3.63) is 29.8 Å². The van der Waals surface area contributed by atoms with Gasteiger partial charge < -0.3 is 5.11 Å². The maximum absolute atomic E-state index is 12.2. The summed E-state index contributed by atoms with van der Waals surface area (Å²) < 4.78 is 25.5. The zero-order valence-corrected chi connectivity index (χ0v) is 12.4. The van der Waals surface area contributed by atoms with Gasteiger partial charge >= 0.3 is 5.97 Å². The molecule has 0 aliphatic rings. The van der Waals surface area contributed by atoms with E-state index in [1.807, 2.05) is 20.8 Å². The van der Waals surface area contributed by atoms with E-state index in [0.29, 0.717) is 5.69 Å². The maximum Gasteiger partial charge on any atom is 0.335 e. The summed E-state index contributed by atoms with van der Waals surface area (Å²) >= 11 is 0. The van der Waals surface area contributed by atoms with Gasteiger partial charge in [0.15, 0.2) is 0 Å². The predicted octanol–water partition coefficient (Wildman–Crippen LogP) is 2.20. The fourth-order valence-corrected chi connectivity index (χ4v) is 3.35. The molecule has 0 amide bonds. The lowest BCUT2D eigenvalue weighted by molar-refractivity contribution is 0.0697. The zero-order valence-electron chi connectivity index (χ0n) is 11.5. The smallest absolute Gasteiger partial charge is 0.335 e. The lowest BCUT2D eigenvalue weighted by Gasteiger charge is -2.25. The van der Waals surface area contributed by atoms with Gasteiger partial charge in [-0.3, -0.25) is 4.31 Å².